The summed E-state index contributed by atoms with van der Waals surface area (Å²) in [6.07, 6.45) is 0. The molecule has 0 bridgehead atoms. The molecule has 0 aliphatic rings. The van der Waals surface area contributed by atoms with E-state index in [1.807, 2.05) is 30.3 Å². The molecule has 0 atom stereocenters. The number of ether oxygens (including phenoxy) is 1. The Hall–Kier alpha value is -2.30. The number of anilines is 1. The Morgan fingerprint density at radius 3 is 2.71 bits per heavy atom. The first-order valence-corrected chi connectivity index (χ1v) is 5.16. The van der Waals surface area contributed by atoms with Gasteiger partial charge in [0.05, 0.1) is 13.7 Å². The highest BCUT2D eigenvalue weighted by Crippen LogP contribution is 2.13. The molecule has 5 heteroatoms. The fraction of sp³-hybridized carbons (Fsp3) is 0.167. The van der Waals surface area contributed by atoms with Crippen molar-refractivity contribution < 1.29 is 4.74 Å². The minimum Gasteiger partial charge on any atom is -0.479 e. The number of aromatic nitrogens is 2. The summed E-state index contributed by atoms with van der Waals surface area (Å²) >= 11 is 0. The molecule has 0 unspecified atom stereocenters. The second-order valence-electron chi connectivity index (χ2n) is 3.59. The van der Waals surface area contributed by atoms with Crippen molar-refractivity contribution in [3.8, 4) is 5.88 Å². The van der Waals surface area contributed by atoms with Gasteiger partial charge in [-0.1, -0.05) is 30.3 Å². The molecule has 0 radical (unpaired) electrons. The van der Waals surface area contributed by atoms with Crippen LogP contribution in [0.4, 0.5) is 5.69 Å². The number of methoxy groups -OCH3 is 1. The van der Waals surface area contributed by atoms with E-state index in [4.69, 9.17) is 10.5 Å². The first kappa shape index (κ1) is 11.2. The molecule has 88 valence electrons. The molecule has 2 aromatic rings. The monoisotopic (exact) mass is 231 g/mol. The van der Waals surface area contributed by atoms with Crippen LogP contribution in [0.1, 0.15) is 5.56 Å². The Morgan fingerprint density at radius 1 is 1.35 bits per heavy atom. The van der Waals surface area contributed by atoms with Gasteiger partial charge >= 0.3 is 0 Å². The van der Waals surface area contributed by atoms with Gasteiger partial charge in [-0.15, -0.1) is 5.10 Å². The Balaban J connectivity index is 2.36. The van der Waals surface area contributed by atoms with E-state index in [2.05, 4.69) is 5.10 Å². The summed E-state index contributed by atoms with van der Waals surface area (Å²) in [6.45, 7) is 0.399. The number of rotatable bonds is 3. The molecule has 0 saturated carbocycles. The minimum atomic E-state index is -0.243. The van der Waals surface area contributed by atoms with Crippen molar-refractivity contribution in [2.45, 2.75) is 6.54 Å². The van der Waals surface area contributed by atoms with Crippen molar-refractivity contribution >= 4 is 5.69 Å². The van der Waals surface area contributed by atoms with Gasteiger partial charge in [-0.05, 0) is 5.56 Å². The number of hydrogen-bond acceptors (Lipinski definition) is 4. The summed E-state index contributed by atoms with van der Waals surface area (Å²) in [5, 5.41) is 4.04. The van der Waals surface area contributed by atoms with Gasteiger partial charge in [0.15, 0.2) is 0 Å². The quantitative estimate of drug-likeness (QED) is 0.851. The van der Waals surface area contributed by atoms with E-state index in [1.165, 1.54) is 17.9 Å². The summed E-state index contributed by atoms with van der Waals surface area (Å²) in [4.78, 5) is 11.7. The maximum absolute atomic E-state index is 11.7. The molecule has 2 rings (SSSR count). The maximum Gasteiger partial charge on any atom is 0.269 e. The Labute approximate surface area is 98.5 Å². The molecule has 0 saturated heterocycles. The van der Waals surface area contributed by atoms with E-state index >= 15 is 0 Å². The average molecular weight is 231 g/mol. The van der Waals surface area contributed by atoms with E-state index in [-0.39, 0.29) is 17.1 Å². The molecule has 1 aromatic carbocycles. The number of nitrogens with two attached hydrogens (primary N) is 1. The van der Waals surface area contributed by atoms with Gasteiger partial charge in [-0.25, -0.2) is 4.68 Å². The van der Waals surface area contributed by atoms with E-state index < -0.39 is 0 Å². The van der Waals surface area contributed by atoms with Crippen LogP contribution < -0.4 is 16.0 Å². The van der Waals surface area contributed by atoms with Crippen molar-refractivity contribution in [2.24, 2.45) is 0 Å². The first-order chi connectivity index (χ1) is 8.20. The van der Waals surface area contributed by atoms with Gasteiger partial charge in [-0.3, -0.25) is 4.79 Å². The second-order valence-corrected chi connectivity index (χ2v) is 3.59. The lowest BCUT2D eigenvalue weighted by Gasteiger charge is -2.08. The highest BCUT2D eigenvalue weighted by Gasteiger charge is 2.06. The zero-order chi connectivity index (χ0) is 12.3. The smallest absolute Gasteiger partial charge is 0.269 e. The summed E-state index contributed by atoms with van der Waals surface area (Å²) in [5.74, 6) is 0.264. The lowest BCUT2D eigenvalue weighted by molar-refractivity contribution is 0.381. The second kappa shape index (κ2) is 4.69. The third-order valence-electron chi connectivity index (χ3n) is 2.36. The topological polar surface area (TPSA) is 70.1 Å². The van der Waals surface area contributed by atoms with Crippen LogP contribution in [0.25, 0.3) is 0 Å². The molecule has 2 N–H and O–H groups in total. The average Bonchev–Trinajstić information content (AvgIpc) is 2.34. The molecule has 17 heavy (non-hydrogen) atoms. The molecular weight excluding hydrogens is 218 g/mol. The predicted molar refractivity (Wildman–Crippen MR) is 65.0 cm³/mol. The molecule has 5 nitrogen and oxygen atoms in total. The predicted octanol–water partition coefficient (Wildman–Crippen LogP) is 0.882. The number of hydrogen-bond donors (Lipinski definition) is 1. The molecule has 1 aromatic heterocycles. The van der Waals surface area contributed by atoms with Crippen LogP contribution in [0, 0.1) is 0 Å². The van der Waals surface area contributed by atoms with Gasteiger partial charge in [0.2, 0.25) is 0 Å². The first-order valence-electron chi connectivity index (χ1n) is 5.16. The summed E-state index contributed by atoms with van der Waals surface area (Å²) in [7, 11) is 1.47. The van der Waals surface area contributed by atoms with Crippen LogP contribution >= 0.6 is 0 Å². The lowest BCUT2D eigenvalue weighted by atomic mass is 10.2. The van der Waals surface area contributed by atoms with E-state index in [0.29, 0.717) is 6.54 Å². The molecule has 0 amide bonds. The summed E-state index contributed by atoms with van der Waals surface area (Å²) < 4.78 is 6.31. The Kier molecular flexibility index (Phi) is 3.09. The molecule has 0 fully saturated rings. The van der Waals surface area contributed by atoms with Gasteiger partial charge in [0.1, 0.15) is 5.69 Å². The third-order valence-corrected chi connectivity index (χ3v) is 2.36. The number of nitrogen functional groups attached to an aromatic ring is 1. The van der Waals surface area contributed by atoms with Crippen LogP contribution in [0.15, 0.2) is 41.2 Å². The molecule has 1 heterocycles. The van der Waals surface area contributed by atoms with Crippen molar-refractivity contribution in [2.75, 3.05) is 12.8 Å². The largest absolute Gasteiger partial charge is 0.479 e. The normalized spacial score (nSPS) is 10.2. The zero-order valence-electron chi connectivity index (χ0n) is 9.46. The fourth-order valence-corrected chi connectivity index (χ4v) is 1.51. The van der Waals surface area contributed by atoms with Crippen LogP contribution in [0.3, 0.4) is 0 Å². The molecular formula is C12H13N3O2. The zero-order valence-corrected chi connectivity index (χ0v) is 9.46. The highest BCUT2D eigenvalue weighted by molar-refractivity contribution is 5.45. The van der Waals surface area contributed by atoms with Crippen LogP contribution in [-0.4, -0.2) is 16.9 Å². The van der Waals surface area contributed by atoms with Gasteiger partial charge in [-0.2, -0.15) is 0 Å². The van der Waals surface area contributed by atoms with Gasteiger partial charge in [0, 0.05) is 6.07 Å². The molecule has 0 spiro atoms. The summed E-state index contributed by atoms with van der Waals surface area (Å²) in [5.41, 5.74) is 6.60. The fourth-order valence-electron chi connectivity index (χ4n) is 1.51. The number of benzene rings is 1. The minimum absolute atomic E-state index is 0.243. The molecule has 0 aliphatic heterocycles. The van der Waals surface area contributed by atoms with Gasteiger partial charge < -0.3 is 10.5 Å². The van der Waals surface area contributed by atoms with Crippen LogP contribution in [-0.2, 0) is 6.54 Å². The van der Waals surface area contributed by atoms with Crippen LogP contribution in [0.2, 0.25) is 0 Å². The van der Waals surface area contributed by atoms with E-state index in [9.17, 15) is 4.79 Å². The third kappa shape index (κ3) is 2.44. The lowest BCUT2D eigenvalue weighted by Crippen LogP contribution is -2.24. The number of nitrogens with zero attached hydrogens (tertiary/aromatic N) is 2. The Bertz CT molecular complexity index is 564. The van der Waals surface area contributed by atoms with Crippen molar-refractivity contribution in [3.63, 3.8) is 0 Å². The van der Waals surface area contributed by atoms with Crippen LogP contribution in [0.5, 0.6) is 5.88 Å². The Morgan fingerprint density at radius 2 is 2.06 bits per heavy atom. The van der Waals surface area contributed by atoms with E-state index in [1.54, 1.807) is 0 Å². The molecule has 0 aliphatic carbocycles. The summed E-state index contributed by atoms with van der Waals surface area (Å²) in [6, 6.07) is 10.9. The standard InChI is InChI=1S/C12H13N3O2/c1-17-12-10(13)7-11(16)15(14-12)8-9-5-3-2-4-6-9/h2-7H,8,13H2,1H3. The van der Waals surface area contributed by atoms with Gasteiger partial charge in [0.25, 0.3) is 11.4 Å². The van der Waals surface area contributed by atoms with Crippen molar-refractivity contribution in [1.29, 1.82) is 0 Å². The highest BCUT2D eigenvalue weighted by atomic mass is 16.5. The van der Waals surface area contributed by atoms with Crippen molar-refractivity contribution in [1.82, 2.24) is 9.78 Å². The maximum atomic E-state index is 11.7. The SMILES string of the molecule is COc1nn(Cc2ccccc2)c(=O)cc1N. The van der Waals surface area contributed by atoms with Crippen molar-refractivity contribution in [3.05, 3.63) is 52.3 Å². The van der Waals surface area contributed by atoms with E-state index in [0.717, 1.165) is 5.56 Å².